The maximum absolute atomic E-state index is 12.2. The zero-order valence-electron chi connectivity index (χ0n) is 14.7. The van der Waals surface area contributed by atoms with E-state index < -0.39 is 10.0 Å². The van der Waals surface area contributed by atoms with Gasteiger partial charge in [-0.1, -0.05) is 0 Å². The molecule has 0 radical (unpaired) electrons. The van der Waals surface area contributed by atoms with Crippen molar-refractivity contribution in [2.24, 2.45) is 12.0 Å². The highest BCUT2D eigenvalue weighted by atomic mass is 32.2. The standard InChI is InChI=1S/C16H27N5O3S/c1-3-17-16(20-14-10-12-4-5-15(14)24-12)18-7-8-19-25(22,23)13-6-9-21(2)11-13/h6,9,11-12,14-15,19H,3-5,7-8,10H2,1-2H3,(H2,17,18,20). The number of nitrogens with zero attached hydrogens (tertiary/aromatic N) is 2. The van der Waals surface area contributed by atoms with E-state index in [-0.39, 0.29) is 23.6 Å². The van der Waals surface area contributed by atoms with Crippen molar-refractivity contribution in [1.82, 2.24) is 19.9 Å². The molecule has 2 bridgehead atoms. The van der Waals surface area contributed by atoms with Gasteiger partial charge in [0.15, 0.2) is 5.96 Å². The van der Waals surface area contributed by atoms with Gasteiger partial charge in [0.05, 0.1) is 29.7 Å². The SMILES string of the molecule is CCNC(=NCCNS(=O)(=O)c1ccn(C)c1)NC1CC2CCC1O2. The lowest BCUT2D eigenvalue weighted by Gasteiger charge is -2.22. The third-order valence-electron chi connectivity index (χ3n) is 4.56. The number of ether oxygens (including phenoxy) is 1. The lowest BCUT2D eigenvalue weighted by Crippen LogP contribution is -2.47. The van der Waals surface area contributed by atoms with Crippen LogP contribution in [0.15, 0.2) is 28.3 Å². The summed E-state index contributed by atoms with van der Waals surface area (Å²) in [6.07, 6.45) is 7.18. The topological polar surface area (TPSA) is 96.8 Å². The van der Waals surface area contributed by atoms with Crippen molar-refractivity contribution >= 4 is 16.0 Å². The summed E-state index contributed by atoms with van der Waals surface area (Å²) in [6.45, 7) is 3.37. The minimum atomic E-state index is -3.48. The maximum Gasteiger partial charge on any atom is 0.242 e. The second kappa shape index (κ2) is 7.76. The molecule has 3 rings (SSSR count). The molecular formula is C16H27N5O3S. The molecule has 1 aromatic heterocycles. The molecule has 140 valence electrons. The van der Waals surface area contributed by atoms with Crippen LogP contribution in [-0.4, -0.2) is 56.8 Å². The lowest BCUT2D eigenvalue weighted by atomic mass is 9.96. The quantitative estimate of drug-likeness (QED) is 0.362. The van der Waals surface area contributed by atoms with E-state index in [1.54, 1.807) is 30.1 Å². The Labute approximate surface area is 149 Å². The minimum Gasteiger partial charge on any atom is -0.373 e. The molecule has 0 saturated carbocycles. The second-order valence-electron chi connectivity index (χ2n) is 6.53. The van der Waals surface area contributed by atoms with Crippen LogP contribution in [0.1, 0.15) is 26.2 Å². The van der Waals surface area contributed by atoms with Crippen molar-refractivity contribution in [1.29, 1.82) is 0 Å². The molecule has 2 aliphatic heterocycles. The van der Waals surface area contributed by atoms with Crippen LogP contribution >= 0.6 is 0 Å². The van der Waals surface area contributed by atoms with Crippen LogP contribution in [0.4, 0.5) is 0 Å². The first kappa shape index (κ1) is 18.2. The Bertz CT molecular complexity index is 715. The van der Waals surface area contributed by atoms with Gasteiger partial charge < -0.3 is 19.9 Å². The van der Waals surface area contributed by atoms with Crippen LogP contribution in [0, 0.1) is 0 Å². The summed E-state index contributed by atoms with van der Waals surface area (Å²) in [7, 11) is -1.69. The number of fused-ring (bicyclic) bond motifs is 2. The molecular weight excluding hydrogens is 342 g/mol. The summed E-state index contributed by atoms with van der Waals surface area (Å²) in [6, 6.07) is 1.87. The predicted octanol–water partition coefficient (Wildman–Crippen LogP) is 0.178. The molecule has 25 heavy (non-hydrogen) atoms. The van der Waals surface area contributed by atoms with E-state index >= 15 is 0 Å². The van der Waals surface area contributed by atoms with Crippen molar-refractivity contribution in [2.45, 2.75) is 49.3 Å². The zero-order valence-corrected chi connectivity index (χ0v) is 15.6. The number of hydrogen-bond donors (Lipinski definition) is 3. The molecule has 3 heterocycles. The Balaban J connectivity index is 1.50. The number of rotatable bonds is 7. The van der Waals surface area contributed by atoms with Gasteiger partial charge in [0.1, 0.15) is 0 Å². The van der Waals surface area contributed by atoms with Gasteiger partial charge in [-0.25, -0.2) is 13.1 Å². The largest absolute Gasteiger partial charge is 0.373 e. The van der Waals surface area contributed by atoms with E-state index in [0.29, 0.717) is 18.6 Å². The van der Waals surface area contributed by atoms with Crippen molar-refractivity contribution < 1.29 is 13.2 Å². The third kappa shape index (κ3) is 4.53. The van der Waals surface area contributed by atoms with E-state index in [9.17, 15) is 8.42 Å². The zero-order chi connectivity index (χ0) is 17.9. The first-order chi connectivity index (χ1) is 12.0. The normalized spacial score (nSPS) is 26.2. The van der Waals surface area contributed by atoms with Gasteiger partial charge in [-0.3, -0.25) is 4.99 Å². The van der Waals surface area contributed by atoms with E-state index in [2.05, 4.69) is 20.3 Å². The average molecular weight is 369 g/mol. The van der Waals surface area contributed by atoms with E-state index in [1.165, 1.54) is 0 Å². The van der Waals surface area contributed by atoms with Crippen molar-refractivity contribution in [3.8, 4) is 0 Å². The van der Waals surface area contributed by atoms with E-state index in [4.69, 9.17) is 4.74 Å². The molecule has 2 saturated heterocycles. The summed E-state index contributed by atoms with van der Waals surface area (Å²) >= 11 is 0. The number of hydrogen-bond acceptors (Lipinski definition) is 4. The van der Waals surface area contributed by atoms with Crippen LogP contribution in [0.3, 0.4) is 0 Å². The third-order valence-corrected chi connectivity index (χ3v) is 6.01. The van der Waals surface area contributed by atoms with Crippen LogP contribution in [0.5, 0.6) is 0 Å². The van der Waals surface area contributed by atoms with Crippen molar-refractivity contribution in [3.05, 3.63) is 18.5 Å². The monoisotopic (exact) mass is 369 g/mol. The second-order valence-corrected chi connectivity index (χ2v) is 8.30. The maximum atomic E-state index is 12.2. The summed E-state index contributed by atoms with van der Waals surface area (Å²) in [5, 5.41) is 6.62. The Hall–Kier alpha value is -1.58. The Morgan fingerprint density at radius 3 is 2.88 bits per heavy atom. The van der Waals surface area contributed by atoms with Crippen LogP contribution in [0.2, 0.25) is 0 Å². The summed E-state index contributed by atoms with van der Waals surface area (Å²) in [5.74, 6) is 0.711. The van der Waals surface area contributed by atoms with Gasteiger partial charge in [-0.15, -0.1) is 0 Å². The van der Waals surface area contributed by atoms with Crippen LogP contribution < -0.4 is 15.4 Å². The molecule has 9 heteroatoms. The molecule has 3 atom stereocenters. The molecule has 1 aromatic rings. The van der Waals surface area contributed by atoms with Gasteiger partial charge >= 0.3 is 0 Å². The smallest absolute Gasteiger partial charge is 0.242 e. The number of aromatic nitrogens is 1. The summed E-state index contributed by atoms with van der Waals surface area (Å²) < 4.78 is 34.5. The van der Waals surface area contributed by atoms with E-state index in [0.717, 1.165) is 25.8 Å². The Morgan fingerprint density at radius 1 is 1.44 bits per heavy atom. The average Bonchev–Trinajstić information content (AvgIpc) is 3.28. The molecule has 3 unspecified atom stereocenters. The Morgan fingerprint density at radius 2 is 2.28 bits per heavy atom. The predicted molar refractivity (Wildman–Crippen MR) is 96.0 cm³/mol. The first-order valence-electron chi connectivity index (χ1n) is 8.80. The molecule has 8 nitrogen and oxygen atoms in total. The number of sulfonamides is 1. The van der Waals surface area contributed by atoms with Crippen molar-refractivity contribution in [2.75, 3.05) is 19.6 Å². The van der Waals surface area contributed by atoms with Gasteiger partial charge in [-0.05, 0) is 32.3 Å². The molecule has 0 aromatic carbocycles. The van der Waals surface area contributed by atoms with Gasteiger partial charge in [0, 0.05) is 32.5 Å². The molecule has 0 spiro atoms. The highest BCUT2D eigenvalue weighted by Crippen LogP contribution is 2.34. The van der Waals surface area contributed by atoms with Gasteiger partial charge in [0.25, 0.3) is 0 Å². The fourth-order valence-electron chi connectivity index (χ4n) is 3.35. The summed E-state index contributed by atoms with van der Waals surface area (Å²) in [4.78, 5) is 4.74. The fourth-order valence-corrected chi connectivity index (χ4v) is 4.42. The highest BCUT2D eigenvalue weighted by Gasteiger charge is 2.41. The highest BCUT2D eigenvalue weighted by molar-refractivity contribution is 7.89. The van der Waals surface area contributed by atoms with Crippen molar-refractivity contribution in [3.63, 3.8) is 0 Å². The lowest BCUT2D eigenvalue weighted by molar-refractivity contribution is 0.0992. The van der Waals surface area contributed by atoms with Gasteiger partial charge in [0.2, 0.25) is 10.0 Å². The molecule has 3 N–H and O–H groups in total. The van der Waals surface area contributed by atoms with Crippen LogP contribution in [0.25, 0.3) is 0 Å². The van der Waals surface area contributed by atoms with E-state index in [1.807, 2.05) is 6.92 Å². The molecule has 0 amide bonds. The summed E-state index contributed by atoms with van der Waals surface area (Å²) in [5.41, 5.74) is 0. The molecule has 2 fully saturated rings. The number of aliphatic imine (C=N–C) groups is 1. The number of guanidine groups is 1. The minimum absolute atomic E-state index is 0.251. The Kier molecular flexibility index (Phi) is 5.65. The van der Waals surface area contributed by atoms with Crippen LogP contribution in [-0.2, 0) is 21.8 Å². The van der Waals surface area contributed by atoms with Gasteiger partial charge in [-0.2, -0.15) is 0 Å². The molecule has 0 aliphatic carbocycles. The number of aryl methyl sites for hydroxylation is 1. The molecule has 2 aliphatic rings. The first-order valence-corrected chi connectivity index (χ1v) is 10.3. The number of nitrogens with one attached hydrogen (secondary N) is 3. The fraction of sp³-hybridized carbons (Fsp3) is 0.688.